The van der Waals surface area contributed by atoms with E-state index in [1.807, 2.05) is 12.2 Å². The highest BCUT2D eigenvalue weighted by molar-refractivity contribution is 5.96. The fraction of sp³-hybridized carbons (Fsp3) is 0.150. The van der Waals surface area contributed by atoms with Crippen LogP contribution in [0.25, 0.3) is 0 Å². The lowest BCUT2D eigenvalue weighted by Gasteiger charge is -2.15. The Morgan fingerprint density at radius 1 is 1.12 bits per heavy atom. The lowest BCUT2D eigenvalue weighted by Crippen LogP contribution is -2.28. The highest BCUT2D eigenvalue weighted by Gasteiger charge is 2.16. The highest BCUT2D eigenvalue weighted by Crippen LogP contribution is 2.14. The monoisotopic (exact) mass is 349 g/mol. The maximum atomic E-state index is 12.3. The molecule has 3 rings (SSSR count). The molecule has 0 spiro atoms. The Labute approximate surface area is 151 Å². The zero-order valence-corrected chi connectivity index (χ0v) is 14.1. The molecule has 6 nitrogen and oxygen atoms in total. The molecular formula is C20H19N3O3. The van der Waals surface area contributed by atoms with E-state index in [9.17, 15) is 9.59 Å². The molecule has 26 heavy (non-hydrogen) atoms. The number of ether oxygens (including phenoxy) is 1. The number of anilines is 1. The number of carbonyl (C=O) groups excluding carboxylic acids is 2. The smallest absolute Gasteiger partial charge is 0.262 e. The van der Waals surface area contributed by atoms with Gasteiger partial charge < -0.3 is 20.4 Å². The van der Waals surface area contributed by atoms with Crippen LogP contribution >= 0.6 is 0 Å². The summed E-state index contributed by atoms with van der Waals surface area (Å²) in [7, 11) is 0. The topological polar surface area (TPSA) is 82.5 Å². The SMILES string of the molecule is N=Cc1cccc(OCC(=O)Nc2ccc(C(=O)N3CC=CC3)cc2)c1. The van der Waals surface area contributed by atoms with E-state index >= 15 is 0 Å². The Balaban J connectivity index is 1.52. The van der Waals surface area contributed by atoms with Crippen molar-refractivity contribution >= 4 is 23.7 Å². The number of benzene rings is 2. The normalized spacial score (nSPS) is 12.7. The summed E-state index contributed by atoms with van der Waals surface area (Å²) in [5, 5.41) is 9.95. The first kappa shape index (κ1) is 17.4. The second kappa shape index (κ2) is 8.11. The molecule has 0 atom stereocenters. The van der Waals surface area contributed by atoms with E-state index < -0.39 is 0 Å². The molecule has 0 radical (unpaired) electrons. The van der Waals surface area contributed by atoms with Gasteiger partial charge in [-0.15, -0.1) is 0 Å². The predicted octanol–water partition coefficient (Wildman–Crippen LogP) is 2.71. The van der Waals surface area contributed by atoms with E-state index in [0.29, 0.717) is 35.7 Å². The van der Waals surface area contributed by atoms with Crippen molar-refractivity contribution in [2.45, 2.75) is 0 Å². The maximum Gasteiger partial charge on any atom is 0.262 e. The molecule has 0 unspecified atom stereocenters. The molecule has 2 aromatic carbocycles. The van der Waals surface area contributed by atoms with Gasteiger partial charge in [0, 0.05) is 30.6 Å². The summed E-state index contributed by atoms with van der Waals surface area (Å²) in [6.07, 6.45) is 5.14. The number of rotatable bonds is 6. The van der Waals surface area contributed by atoms with E-state index in [-0.39, 0.29) is 18.4 Å². The van der Waals surface area contributed by atoms with Gasteiger partial charge in [-0.2, -0.15) is 0 Å². The average molecular weight is 349 g/mol. The van der Waals surface area contributed by atoms with Crippen LogP contribution in [0.1, 0.15) is 15.9 Å². The van der Waals surface area contributed by atoms with Crippen molar-refractivity contribution in [1.29, 1.82) is 5.41 Å². The van der Waals surface area contributed by atoms with E-state index in [2.05, 4.69) is 5.32 Å². The first-order valence-electron chi connectivity index (χ1n) is 8.23. The molecule has 2 N–H and O–H groups in total. The van der Waals surface area contributed by atoms with Crippen LogP contribution in [0.3, 0.4) is 0 Å². The van der Waals surface area contributed by atoms with Crippen molar-refractivity contribution in [2.24, 2.45) is 0 Å². The second-order valence-electron chi connectivity index (χ2n) is 5.81. The number of nitrogens with one attached hydrogen (secondary N) is 2. The van der Waals surface area contributed by atoms with Crippen molar-refractivity contribution in [1.82, 2.24) is 4.90 Å². The Bertz CT molecular complexity index is 836. The summed E-state index contributed by atoms with van der Waals surface area (Å²) in [6.45, 7) is 1.13. The first-order valence-corrected chi connectivity index (χ1v) is 8.23. The lowest BCUT2D eigenvalue weighted by atomic mass is 10.2. The molecular weight excluding hydrogens is 330 g/mol. The van der Waals surface area contributed by atoms with E-state index in [1.165, 1.54) is 6.21 Å². The van der Waals surface area contributed by atoms with Gasteiger partial charge in [0.1, 0.15) is 5.75 Å². The van der Waals surface area contributed by atoms with Crippen LogP contribution in [0.4, 0.5) is 5.69 Å². The zero-order chi connectivity index (χ0) is 18.4. The molecule has 2 aromatic rings. The molecule has 0 bridgehead atoms. The minimum absolute atomic E-state index is 0.0257. The van der Waals surface area contributed by atoms with Gasteiger partial charge in [-0.05, 0) is 42.0 Å². The molecule has 0 saturated carbocycles. The second-order valence-corrected chi connectivity index (χ2v) is 5.81. The van der Waals surface area contributed by atoms with E-state index in [4.69, 9.17) is 10.1 Å². The molecule has 1 aliphatic heterocycles. The van der Waals surface area contributed by atoms with Crippen LogP contribution in [0.5, 0.6) is 5.75 Å². The molecule has 2 amide bonds. The molecule has 1 aliphatic rings. The van der Waals surface area contributed by atoms with Crippen molar-refractivity contribution in [2.75, 3.05) is 25.0 Å². The average Bonchev–Trinajstić information content (AvgIpc) is 3.21. The van der Waals surface area contributed by atoms with E-state index in [1.54, 1.807) is 53.4 Å². The molecule has 1 heterocycles. The number of carbonyl (C=O) groups is 2. The molecule has 132 valence electrons. The van der Waals surface area contributed by atoms with Crippen LogP contribution in [-0.4, -0.2) is 42.6 Å². The third-order valence-corrected chi connectivity index (χ3v) is 3.92. The zero-order valence-electron chi connectivity index (χ0n) is 14.1. The first-order chi connectivity index (χ1) is 12.7. The van der Waals surface area contributed by atoms with Gasteiger partial charge >= 0.3 is 0 Å². The number of hydrogen-bond acceptors (Lipinski definition) is 4. The number of nitrogens with zero attached hydrogens (tertiary/aromatic N) is 1. The van der Waals surface area contributed by atoms with Gasteiger partial charge in [0.25, 0.3) is 11.8 Å². The van der Waals surface area contributed by atoms with Crippen LogP contribution in [-0.2, 0) is 4.79 Å². The Morgan fingerprint density at radius 3 is 2.54 bits per heavy atom. The van der Waals surface area contributed by atoms with Gasteiger partial charge in [-0.1, -0.05) is 24.3 Å². The quantitative estimate of drug-likeness (QED) is 0.621. The largest absolute Gasteiger partial charge is 0.484 e. The fourth-order valence-electron chi connectivity index (χ4n) is 2.56. The van der Waals surface area contributed by atoms with Crippen LogP contribution in [0.2, 0.25) is 0 Å². The predicted molar refractivity (Wildman–Crippen MR) is 99.9 cm³/mol. The molecule has 0 aromatic heterocycles. The minimum atomic E-state index is -0.298. The maximum absolute atomic E-state index is 12.3. The van der Waals surface area contributed by atoms with Gasteiger partial charge in [0.2, 0.25) is 0 Å². The standard InChI is InChI=1S/C20H19N3O3/c21-13-15-4-3-5-18(12-15)26-14-19(24)22-17-8-6-16(7-9-17)20(25)23-10-1-2-11-23/h1-9,12-13,21H,10-11,14H2,(H,22,24). The van der Waals surface area contributed by atoms with Crippen LogP contribution in [0, 0.1) is 5.41 Å². The van der Waals surface area contributed by atoms with Gasteiger partial charge in [0.05, 0.1) is 0 Å². The minimum Gasteiger partial charge on any atom is -0.484 e. The Hall–Kier alpha value is -3.41. The van der Waals surface area contributed by atoms with Crippen molar-refractivity contribution in [3.63, 3.8) is 0 Å². The molecule has 0 fully saturated rings. The number of amides is 2. The Kier molecular flexibility index (Phi) is 5.43. The molecule has 0 saturated heterocycles. The third kappa shape index (κ3) is 4.36. The molecule has 0 aliphatic carbocycles. The van der Waals surface area contributed by atoms with Crippen LogP contribution in [0.15, 0.2) is 60.7 Å². The van der Waals surface area contributed by atoms with Crippen LogP contribution < -0.4 is 10.1 Å². The van der Waals surface area contributed by atoms with Gasteiger partial charge in [-0.3, -0.25) is 9.59 Å². The van der Waals surface area contributed by atoms with Gasteiger partial charge in [-0.25, -0.2) is 0 Å². The Morgan fingerprint density at radius 2 is 1.85 bits per heavy atom. The summed E-state index contributed by atoms with van der Waals surface area (Å²) >= 11 is 0. The summed E-state index contributed by atoms with van der Waals surface area (Å²) < 4.78 is 5.43. The highest BCUT2D eigenvalue weighted by atomic mass is 16.5. The van der Waals surface area contributed by atoms with Crippen molar-refractivity contribution in [3.8, 4) is 5.75 Å². The lowest BCUT2D eigenvalue weighted by molar-refractivity contribution is -0.118. The van der Waals surface area contributed by atoms with Crippen molar-refractivity contribution in [3.05, 3.63) is 71.8 Å². The van der Waals surface area contributed by atoms with Gasteiger partial charge in [0.15, 0.2) is 6.61 Å². The molecule has 6 heteroatoms. The number of hydrogen-bond donors (Lipinski definition) is 2. The summed E-state index contributed by atoms with van der Waals surface area (Å²) in [5.74, 6) is 0.205. The summed E-state index contributed by atoms with van der Waals surface area (Å²) in [6, 6.07) is 13.8. The summed E-state index contributed by atoms with van der Waals surface area (Å²) in [4.78, 5) is 26.0. The fourth-order valence-corrected chi connectivity index (χ4v) is 2.56. The summed E-state index contributed by atoms with van der Waals surface area (Å²) in [5.41, 5.74) is 1.89. The third-order valence-electron chi connectivity index (χ3n) is 3.92. The van der Waals surface area contributed by atoms with Crippen molar-refractivity contribution < 1.29 is 14.3 Å². The van der Waals surface area contributed by atoms with E-state index in [0.717, 1.165) is 0 Å².